The van der Waals surface area contributed by atoms with Crippen molar-refractivity contribution in [2.75, 3.05) is 55.4 Å². The lowest BCUT2D eigenvalue weighted by Crippen LogP contribution is -2.59. The minimum atomic E-state index is -1.71. The molecule has 0 aliphatic carbocycles. The first-order valence-electron chi connectivity index (χ1n) is 17.0. The van der Waals surface area contributed by atoms with Gasteiger partial charge in [-0.05, 0) is 71.5 Å². The van der Waals surface area contributed by atoms with Gasteiger partial charge in [0.2, 0.25) is 11.5 Å². The van der Waals surface area contributed by atoms with Crippen LogP contribution in [0.3, 0.4) is 0 Å². The van der Waals surface area contributed by atoms with Crippen LogP contribution in [-0.2, 0) is 30.2 Å². The molecule has 54 heavy (non-hydrogen) atoms. The lowest BCUT2D eigenvalue weighted by Gasteiger charge is -2.40. The van der Waals surface area contributed by atoms with E-state index in [4.69, 9.17) is 42.6 Å². The highest BCUT2D eigenvalue weighted by Gasteiger charge is 2.46. The van der Waals surface area contributed by atoms with Crippen LogP contribution in [0.25, 0.3) is 6.08 Å². The van der Waals surface area contributed by atoms with Gasteiger partial charge in [-0.1, -0.05) is 6.07 Å². The van der Waals surface area contributed by atoms with E-state index in [-0.39, 0.29) is 65.1 Å². The molecule has 294 valence electrons. The summed E-state index contributed by atoms with van der Waals surface area (Å²) in [5, 5.41) is 63.1. The fraction of sp³-hybridized carbons (Fsp3) is 0.447. The molecule has 3 aromatic rings. The number of phenolic OH excluding ortho intramolecular Hbond substituents is 3. The van der Waals surface area contributed by atoms with E-state index in [1.165, 1.54) is 53.8 Å². The summed E-state index contributed by atoms with van der Waals surface area (Å²) in [6, 6.07) is 11.1. The SMILES string of the molecule is COc1cc(/C=C\C(=O)OC[C@H]2O[C@@H](OC[C@H]3[C@@H](Cc4cc(OC)c(O)c(OC)c4)CO[C@@H]3c3cc(OC)c(O)c(OC)c3)[C@H](O)[C@@H](O)[C@@H]2O)ccc1O. The second-order valence-electron chi connectivity index (χ2n) is 12.7. The van der Waals surface area contributed by atoms with Gasteiger partial charge in [0.05, 0.1) is 54.9 Å². The molecule has 6 N–H and O–H groups in total. The number of esters is 1. The van der Waals surface area contributed by atoms with Crippen molar-refractivity contribution in [3.8, 4) is 46.0 Å². The highest BCUT2D eigenvalue weighted by molar-refractivity contribution is 5.87. The standard InChI is InChI=1S/C38H46O16/c1-46-25-11-19(6-8-24(25)39)7-9-31(40)51-18-30-34(43)35(44)36(45)38(54-30)53-17-23-22(10-20-12-26(47-2)32(41)27(13-20)48-3)16-52-37(23)21-14-28(49-4)33(42)29(15-21)50-5/h6-9,11-15,22-23,30,34-39,41-45H,10,16-18H2,1-5H3/b9-7-/t22-,23-,30+,34+,35-,36+,37+,38+/m0/s1. The highest BCUT2D eigenvalue weighted by Crippen LogP contribution is 2.47. The van der Waals surface area contributed by atoms with Crippen molar-refractivity contribution in [3.05, 3.63) is 65.2 Å². The van der Waals surface area contributed by atoms with Crippen molar-refractivity contribution >= 4 is 12.0 Å². The second-order valence-corrected chi connectivity index (χ2v) is 12.7. The summed E-state index contributed by atoms with van der Waals surface area (Å²) in [5.41, 5.74) is 1.90. The van der Waals surface area contributed by atoms with Crippen LogP contribution >= 0.6 is 0 Å². The number of aliphatic hydroxyl groups excluding tert-OH is 3. The van der Waals surface area contributed by atoms with E-state index < -0.39 is 55.3 Å². The molecule has 3 aromatic carbocycles. The maximum Gasteiger partial charge on any atom is 0.330 e. The molecule has 16 nitrogen and oxygen atoms in total. The highest BCUT2D eigenvalue weighted by atomic mass is 16.7. The Kier molecular flexibility index (Phi) is 13.3. The molecular weight excluding hydrogens is 712 g/mol. The Morgan fingerprint density at radius 1 is 0.759 bits per heavy atom. The molecule has 5 rings (SSSR count). The van der Waals surface area contributed by atoms with Gasteiger partial charge in [-0.15, -0.1) is 0 Å². The van der Waals surface area contributed by atoms with Crippen molar-refractivity contribution in [2.45, 2.75) is 43.2 Å². The summed E-state index contributed by atoms with van der Waals surface area (Å²) in [7, 11) is 7.06. The molecule has 2 fully saturated rings. The van der Waals surface area contributed by atoms with Crippen molar-refractivity contribution in [1.29, 1.82) is 0 Å². The number of hydrogen-bond donors (Lipinski definition) is 6. The molecule has 0 amide bonds. The minimum absolute atomic E-state index is 0.0656. The summed E-state index contributed by atoms with van der Waals surface area (Å²) in [6.45, 7) is -0.334. The van der Waals surface area contributed by atoms with Crippen molar-refractivity contribution < 1.29 is 78.1 Å². The molecule has 2 aliphatic heterocycles. The first kappa shape index (κ1) is 40.2. The van der Waals surface area contributed by atoms with Crippen molar-refractivity contribution in [3.63, 3.8) is 0 Å². The number of rotatable bonds is 15. The van der Waals surface area contributed by atoms with E-state index in [1.54, 1.807) is 30.3 Å². The van der Waals surface area contributed by atoms with Crippen LogP contribution in [0.15, 0.2) is 48.5 Å². The summed E-state index contributed by atoms with van der Waals surface area (Å²) >= 11 is 0. The van der Waals surface area contributed by atoms with Crippen LogP contribution in [0.2, 0.25) is 0 Å². The van der Waals surface area contributed by atoms with Crippen LogP contribution in [0.5, 0.6) is 46.0 Å². The summed E-state index contributed by atoms with van der Waals surface area (Å²) in [5.74, 6) is -0.921. The van der Waals surface area contributed by atoms with Gasteiger partial charge in [-0.3, -0.25) is 0 Å². The predicted molar refractivity (Wildman–Crippen MR) is 189 cm³/mol. The minimum Gasteiger partial charge on any atom is -0.504 e. The van der Waals surface area contributed by atoms with Crippen molar-refractivity contribution in [2.24, 2.45) is 11.8 Å². The molecule has 0 spiro atoms. The van der Waals surface area contributed by atoms with Gasteiger partial charge in [0, 0.05) is 12.0 Å². The molecule has 0 radical (unpaired) electrons. The number of ether oxygens (including phenoxy) is 9. The Bertz CT molecular complexity index is 1730. The van der Waals surface area contributed by atoms with E-state index >= 15 is 0 Å². The number of hydrogen-bond acceptors (Lipinski definition) is 16. The molecule has 0 bridgehead atoms. The third-order valence-electron chi connectivity index (χ3n) is 9.48. The average molecular weight is 759 g/mol. The lowest BCUT2D eigenvalue weighted by atomic mass is 9.84. The molecule has 0 unspecified atom stereocenters. The van der Waals surface area contributed by atoms with Crippen LogP contribution in [-0.4, -0.2) is 123 Å². The van der Waals surface area contributed by atoms with Gasteiger partial charge in [-0.2, -0.15) is 0 Å². The number of phenols is 3. The molecule has 2 aliphatic rings. The van der Waals surface area contributed by atoms with Crippen LogP contribution in [0.4, 0.5) is 0 Å². The fourth-order valence-electron chi connectivity index (χ4n) is 6.52. The number of carbonyl (C=O) groups is 1. The third-order valence-corrected chi connectivity index (χ3v) is 9.48. The quantitative estimate of drug-likeness (QED) is 0.0968. The number of methoxy groups -OCH3 is 5. The largest absolute Gasteiger partial charge is 0.504 e. The first-order valence-corrected chi connectivity index (χ1v) is 17.0. The summed E-state index contributed by atoms with van der Waals surface area (Å²) in [6.07, 6.45) is -5.39. The Hall–Kier alpha value is -4.97. The number of aromatic hydroxyl groups is 3. The molecule has 0 aromatic heterocycles. The van der Waals surface area contributed by atoms with Crippen LogP contribution in [0, 0.1) is 11.8 Å². The fourth-order valence-corrected chi connectivity index (χ4v) is 6.52. The second kappa shape index (κ2) is 17.9. The van der Waals surface area contributed by atoms with Gasteiger partial charge in [0.25, 0.3) is 0 Å². The number of aliphatic hydroxyl groups is 3. The lowest BCUT2D eigenvalue weighted by molar-refractivity contribution is -0.304. The zero-order valence-electron chi connectivity index (χ0n) is 30.4. The maximum atomic E-state index is 12.5. The first-order chi connectivity index (χ1) is 25.9. The van der Waals surface area contributed by atoms with E-state index in [1.807, 2.05) is 0 Å². The average Bonchev–Trinajstić information content (AvgIpc) is 3.58. The van der Waals surface area contributed by atoms with Crippen LogP contribution < -0.4 is 23.7 Å². The monoisotopic (exact) mass is 758 g/mol. The Labute approximate surface area is 311 Å². The number of benzene rings is 3. The van der Waals surface area contributed by atoms with Crippen molar-refractivity contribution in [1.82, 2.24) is 0 Å². The van der Waals surface area contributed by atoms with Crippen LogP contribution in [0.1, 0.15) is 22.8 Å². The molecule has 0 saturated carbocycles. The molecule has 2 heterocycles. The maximum absolute atomic E-state index is 12.5. The normalized spacial score (nSPS) is 25.3. The van der Waals surface area contributed by atoms with Gasteiger partial charge < -0.3 is 73.3 Å². The topological polar surface area (TPSA) is 222 Å². The molecule has 16 heteroatoms. The Morgan fingerprint density at radius 3 is 1.94 bits per heavy atom. The third kappa shape index (κ3) is 8.86. The summed E-state index contributed by atoms with van der Waals surface area (Å²) in [4.78, 5) is 12.5. The number of carbonyl (C=O) groups excluding carboxylic acids is 1. The van der Waals surface area contributed by atoms with Gasteiger partial charge in [-0.25, -0.2) is 4.79 Å². The smallest absolute Gasteiger partial charge is 0.330 e. The van der Waals surface area contributed by atoms with Gasteiger partial charge in [0.15, 0.2) is 40.8 Å². The predicted octanol–water partition coefficient (Wildman–Crippen LogP) is 2.47. The summed E-state index contributed by atoms with van der Waals surface area (Å²) < 4.78 is 50.1. The zero-order chi connectivity index (χ0) is 39.1. The molecule has 2 saturated heterocycles. The molecule has 8 atom stereocenters. The van der Waals surface area contributed by atoms with E-state index in [0.717, 1.165) is 11.6 Å². The Balaban J connectivity index is 1.33. The van der Waals surface area contributed by atoms with E-state index in [2.05, 4.69) is 0 Å². The Morgan fingerprint density at radius 2 is 1.35 bits per heavy atom. The van der Waals surface area contributed by atoms with Gasteiger partial charge >= 0.3 is 5.97 Å². The zero-order valence-corrected chi connectivity index (χ0v) is 30.4. The molecular formula is C38H46O16. The van der Waals surface area contributed by atoms with E-state index in [0.29, 0.717) is 17.5 Å². The van der Waals surface area contributed by atoms with Gasteiger partial charge in [0.1, 0.15) is 31.0 Å². The van der Waals surface area contributed by atoms with E-state index in [9.17, 15) is 35.4 Å².